The van der Waals surface area contributed by atoms with E-state index in [4.69, 9.17) is 0 Å². The molecule has 1 heteroatoms. The van der Waals surface area contributed by atoms with Gasteiger partial charge in [0.25, 0.3) is 0 Å². The molecular weight excluding hydrogens is 223 g/mol. The van der Waals surface area contributed by atoms with Crippen LogP contribution in [0.5, 0.6) is 0 Å². The van der Waals surface area contributed by atoms with Gasteiger partial charge in [0.1, 0.15) is 5.82 Å². The Morgan fingerprint density at radius 2 is 1.17 bits per heavy atom. The van der Waals surface area contributed by atoms with Crippen molar-refractivity contribution in [3.8, 4) is 0 Å². The average Bonchev–Trinajstić information content (AvgIpc) is 2.47. The normalized spacial score (nSPS) is 7.11. The zero-order valence-corrected chi connectivity index (χ0v) is 14.3. The highest BCUT2D eigenvalue weighted by molar-refractivity contribution is 5.19. The highest BCUT2D eigenvalue weighted by Crippen LogP contribution is 2.14. The monoisotopic (exact) mass is 258 g/mol. The molecule has 0 radical (unpaired) electrons. The molecule has 0 bridgehead atoms. The van der Waals surface area contributed by atoms with Crippen LogP contribution >= 0.6 is 0 Å². The maximum absolute atomic E-state index is 12.5. The average molecular weight is 258 g/mol. The molecule has 0 fully saturated rings. The van der Waals surface area contributed by atoms with Crippen molar-refractivity contribution in [1.29, 1.82) is 0 Å². The summed E-state index contributed by atoms with van der Waals surface area (Å²) in [4.78, 5) is 0. The van der Waals surface area contributed by atoms with Gasteiger partial charge in [0.2, 0.25) is 0 Å². The third-order valence-corrected chi connectivity index (χ3v) is 1.52. The van der Waals surface area contributed by atoms with Crippen molar-refractivity contribution in [2.45, 2.75) is 75.2 Å². The molecule has 0 heterocycles. The van der Waals surface area contributed by atoms with E-state index in [1.807, 2.05) is 61.5 Å². The first-order chi connectivity index (χ1) is 8.70. The Hall–Kier alpha value is -0.850. The molecule has 1 rings (SSSR count). The molecule has 0 amide bonds. The van der Waals surface area contributed by atoms with E-state index in [1.54, 1.807) is 12.1 Å². The quantitative estimate of drug-likeness (QED) is 0.506. The molecule has 1 aromatic carbocycles. The summed E-state index contributed by atoms with van der Waals surface area (Å²) < 4.78 is 12.5. The summed E-state index contributed by atoms with van der Waals surface area (Å²) in [5.41, 5.74) is 1.06. The van der Waals surface area contributed by atoms with Gasteiger partial charge in [0.05, 0.1) is 0 Å². The third kappa shape index (κ3) is 17.5. The Labute approximate surface area is 116 Å². The Kier molecular flexibility index (Phi) is 36.1. The number of hydrogen-bond donors (Lipinski definition) is 0. The lowest BCUT2D eigenvalue weighted by atomic mass is 10.0. The largest absolute Gasteiger partial charge is 0.207 e. The van der Waals surface area contributed by atoms with E-state index in [0.717, 1.165) is 5.56 Å². The van der Waals surface area contributed by atoms with E-state index in [2.05, 4.69) is 13.8 Å². The summed E-state index contributed by atoms with van der Waals surface area (Å²) in [6, 6.07) is 6.72. The fourth-order valence-corrected chi connectivity index (χ4v) is 0.866. The fraction of sp³-hybridized carbons (Fsp3) is 0.647. The maximum Gasteiger partial charge on any atom is 0.123 e. The minimum Gasteiger partial charge on any atom is -0.207 e. The van der Waals surface area contributed by atoms with Gasteiger partial charge >= 0.3 is 0 Å². The van der Waals surface area contributed by atoms with Crippen LogP contribution in [-0.4, -0.2) is 0 Å². The zero-order chi connectivity index (χ0) is 15.6. The fourth-order valence-electron chi connectivity index (χ4n) is 0.866. The molecular formula is C17H35F. The molecule has 0 saturated carbocycles. The first-order valence-corrected chi connectivity index (χ1v) is 7.45. The van der Waals surface area contributed by atoms with E-state index in [9.17, 15) is 4.39 Å². The van der Waals surface area contributed by atoms with E-state index < -0.39 is 0 Å². The number of halogens is 1. The van der Waals surface area contributed by atoms with Crippen molar-refractivity contribution >= 4 is 0 Å². The first kappa shape index (κ1) is 25.9. The molecule has 0 aliphatic rings. The maximum atomic E-state index is 12.5. The van der Waals surface area contributed by atoms with Crippen LogP contribution in [0, 0.1) is 5.82 Å². The van der Waals surface area contributed by atoms with Gasteiger partial charge in [-0.3, -0.25) is 0 Å². The minimum absolute atomic E-state index is 0.147. The van der Waals surface area contributed by atoms with E-state index in [-0.39, 0.29) is 5.82 Å². The summed E-state index contributed by atoms with van der Waals surface area (Å²) in [5.74, 6) is 0.266. The second-order valence-electron chi connectivity index (χ2n) is 2.71. The molecule has 0 nitrogen and oxygen atoms in total. The summed E-state index contributed by atoms with van der Waals surface area (Å²) >= 11 is 0. The summed E-state index contributed by atoms with van der Waals surface area (Å²) in [6.07, 6.45) is 0. The number of rotatable bonds is 1. The van der Waals surface area contributed by atoms with Gasteiger partial charge in [-0.2, -0.15) is 0 Å². The number of hydrogen-bond acceptors (Lipinski definition) is 0. The molecule has 0 saturated heterocycles. The van der Waals surface area contributed by atoms with Gasteiger partial charge in [0, 0.05) is 0 Å². The molecule has 1 aromatic rings. The molecule has 0 spiro atoms. The lowest BCUT2D eigenvalue weighted by Gasteiger charge is -2.02. The third-order valence-electron chi connectivity index (χ3n) is 1.52. The predicted molar refractivity (Wildman–Crippen MR) is 85.9 cm³/mol. The van der Waals surface area contributed by atoms with Crippen molar-refractivity contribution in [2.24, 2.45) is 0 Å². The van der Waals surface area contributed by atoms with Crippen LogP contribution in [0.25, 0.3) is 0 Å². The highest BCUT2D eigenvalue weighted by Gasteiger charge is 1.97. The molecule has 0 aliphatic carbocycles. The van der Waals surface area contributed by atoms with Crippen LogP contribution in [0.15, 0.2) is 24.3 Å². The lowest BCUT2D eigenvalue weighted by molar-refractivity contribution is 0.623. The van der Waals surface area contributed by atoms with Gasteiger partial charge in [0.15, 0.2) is 0 Å². The second kappa shape index (κ2) is 25.1. The minimum atomic E-state index is -0.147. The molecule has 0 aromatic heterocycles. The SMILES string of the molecule is CC.CC.CC.CC.CC(C)c1cccc(F)c1. The molecule has 0 N–H and O–H groups in total. The van der Waals surface area contributed by atoms with Gasteiger partial charge in [-0.15, -0.1) is 0 Å². The lowest BCUT2D eigenvalue weighted by Crippen LogP contribution is -1.86. The van der Waals surface area contributed by atoms with Crippen LogP contribution in [-0.2, 0) is 0 Å². The molecule has 0 aliphatic heterocycles. The summed E-state index contributed by atoms with van der Waals surface area (Å²) in [6.45, 7) is 20.1. The van der Waals surface area contributed by atoms with Crippen molar-refractivity contribution in [2.75, 3.05) is 0 Å². The van der Waals surface area contributed by atoms with E-state index in [1.165, 1.54) is 6.07 Å². The first-order valence-electron chi connectivity index (χ1n) is 7.45. The zero-order valence-electron chi connectivity index (χ0n) is 14.3. The second-order valence-corrected chi connectivity index (χ2v) is 2.71. The van der Waals surface area contributed by atoms with Crippen LogP contribution in [0.2, 0.25) is 0 Å². The summed E-state index contributed by atoms with van der Waals surface area (Å²) in [5, 5.41) is 0. The van der Waals surface area contributed by atoms with E-state index in [0.29, 0.717) is 5.92 Å². The van der Waals surface area contributed by atoms with Crippen molar-refractivity contribution in [1.82, 2.24) is 0 Å². The van der Waals surface area contributed by atoms with Gasteiger partial charge in [-0.1, -0.05) is 81.4 Å². The molecule has 18 heavy (non-hydrogen) atoms. The summed E-state index contributed by atoms with van der Waals surface area (Å²) in [7, 11) is 0. The molecule has 0 atom stereocenters. The Bertz CT molecular complexity index is 217. The van der Waals surface area contributed by atoms with Crippen molar-refractivity contribution in [3.05, 3.63) is 35.6 Å². The topological polar surface area (TPSA) is 0 Å². The van der Waals surface area contributed by atoms with Gasteiger partial charge in [-0.05, 0) is 23.6 Å². The van der Waals surface area contributed by atoms with E-state index >= 15 is 0 Å². The predicted octanol–water partition coefficient (Wildman–Crippen LogP) is 7.05. The Morgan fingerprint density at radius 3 is 1.39 bits per heavy atom. The van der Waals surface area contributed by atoms with Crippen LogP contribution in [0.4, 0.5) is 4.39 Å². The van der Waals surface area contributed by atoms with Crippen molar-refractivity contribution in [3.63, 3.8) is 0 Å². The van der Waals surface area contributed by atoms with Crippen LogP contribution in [0.1, 0.15) is 80.7 Å². The van der Waals surface area contributed by atoms with Crippen LogP contribution < -0.4 is 0 Å². The number of benzene rings is 1. The Balaban J connectivity index is -0.000000105. The van der Waals surface area contributed by atoms with Gasteiger partial charge in [-0.25, -0.2) is 4.39 Å². The molecule has 110 valence electrons. The Morgan fingerprint density at radius 1 is 0.778 bits per heavy atom. The smallest absolute Gasteiger partial charge is 0.123 e. The highest BCUT2D eigenvalue weighted by atomic mass is 19.1. The van der Waals surface area contributed by atoms with Crippen molar-refractivity contribution < 1.29 is 4.39 Å². The van der Waals surface area contributed by atoms with Crippen LogP contribution in [0.3, 0.4) is 0 Å². The standard InChI is InChI=1S/C9H11F.4C2H6/c1-7(2)8-4-3-5-9(10)6-8;4*1-2/h3-7H,1-2H3;4*1-2H3. The van der Waals surface area contributed by atoms with Gasteiger partial charge < -0.3 is 0 Å². The molecule has 0 unspecified atom stereocenters.